The van der Waals surface area contributed by atoms with E-state index in [9.17, 15) is 9.59 Å². The van der Waals surface area contributed by atoms with Crippen LogP contribution in [0.2, 0.25) is 0 Å². The molecule has 0 radical (unpaired) electrons. The molecule has 0 unspecified atom stereocenters. The predicted molar refractivity (Wildman–Crippen MR) is 117 cm³/mol. The van der Waals surface area contributed by atoms with Gasteiger partial charge in [0.1, 0.15) is 5.01 Å². The number of carbonyl (C=O) groups excluding carboxylic acids is 2. The van der Waals surface area contributed by atoms with Gasteiger partial charge in [-0.25, -0.2) is 9.78 Å². The molecule has 30 heavy (non-hydrogen) atoms. The number of ether oxygens (including phenoxy) is 1. The fraction of sp³-hybridized carbons (Fsp3) is 0.227. The standard InChI is InChI=1S/C22H23N3O4S/c1-22(2,3)25-21(28)29-18-7-5-4-6-17(18)24-19(27)14-8-10-15(11-9-14)20-23-12-16(13-26)30-20/h4-12,26H,13H2,1-3H3,(H,24,27)(H,25,28). The molecule has 3 N–H and O–H groups in total. The van der Waals surface area contributed by atoms with E-state index in [-0.39, 0.29) is 18.3 Å². The second-order valence-corrected chi connectivity index (χ2v) is 8.70. The van der Waals surface area contributed by atoms with E-state index in [0.29, 0.717) is 11.3 Å². The molecule has 0 aliphatic carbocycles. The zero-order chi connectivity index (χ0) is 21.7. The van der Waals surface area contributed by atoms with Crippen LogP contribution in [0.4, 0.5) is 10.5 Å². The molecule has 1 heterocycles. The Hall–Kier alpha value is -3.23. The largest absolute Gasteiger partial charge is 0.413 e. The molecule has 2 aromatic carbocycles. The Kier molecular flexibility index (Phi) is 6.49. The number of hydrogen-bond donors (Lipinski definition) is 3. The van der Waals surface area contributed by atoms with Gasteiger partial charge in [0.05, 0.1) is 17.2 Å². The molecular weight excluding hydrogens is 402 g/mol. The van der Waals surface area contributed by atoms with E-state index in [4.69, 9.17) is 9.84 Å². The molecule has 1 aromatic heterocycles. The van der Waals surface area contributed by atoms with Gasteiger partial charge in [-0.05, 0) is 45.0 Å². The van der Waals surface area contributed by atoms with Crippen molar-refractivity contribution >= 4 is 29.0 Å². The Morgan fingerprint density at radius 1 is 1.10 bits per heavy atom. The number of carbonyl (C=O) groups is 2. The fourth-order valence-electron chi connectivity index (χ4n) is 2.56. The Bertz CT molecular complexity index is 1040. The first-order chi connectivity index (χ1) is 14.2. The number of aromatic nitrogens is 1. The molecule has 3 aromatic rings. The van der Waals surface area contributed by atoms with Crippen molar-refractivity contribution in [2.75, 3.05) is 5.32 Å². The van der Waals surface area contributed by atoms with Crippen LogP contribution in [0.25, 0.3) is 10.6 Å². The van der Waals surface area contributed by atoms with E-state index in [0.717, 1.165) is 15.4 Å². The lowest BCUT2D eigenvalue weighted by Crippen LogP contribution is -2.42. The van der Waals surface area contributed by atoms with Gasteiger partial charge in [0.25, 0.3) is 5.91 Å². The molecule has 0 aliphatic heterocycles. The highest BCUT2D eigenvalue weighted by molar-refractivity contribution is 7.15. The van der Waals surface area contributed by atoms with Crippen LogP contribution >= 0.6 is 11.3 Å². The van der Waals surface area contributed by atoms with Crippen molar-refractivity contribution in [3.63, 3.8) is 0 Å². The highest BCUT2D eigenvalue weighted by atomic mass is 32.1. The number of aliphatic hydroxyl groups is 1. The van der Waals surface area contributed by atoms with Crippen LogP contribution in [-0.4, -0.2) is 27.6 Å². The van der Waals surface area contributed by atoms with Crippen molar-refractivity contribution in [1.29, 1.82) is 0 Å². The van der Waals surface area contributed by atoms with Gasteiger partial charge < -0.3 is 20.5 Å². The first-order valence-corrected chi connectivity index (χ1v) is 10.1. The summed E-state index contributed by atoms with van der Waals surface area (Å²) in [7, 11) is 0. The minimum absolute atomic E-state index is 0.0482. The Morgan fingerprint density at radius 2 is 1.80 bits per heavy atom. The highest BCUT2D eigenvalue weighted by Gasteiger charge is 2.17. The maximum Gasteiger partial charge on any atom is 0.413 e. The first-order valence-electron chi connectivity index (χ1n) is 9.31. The zero-order valence-electron chi connectivity index (χ0n) is 16.9. The summed E-state index contributed by atoms with van der Waals surface area (Å²) in [5, 5.41) is 15.4. The number of amides is 2. The van der Waals surface area contributed by atoms with E-state index in [1.54, 1.807) is 54.7 Å². The van der Waals surface area contributed by atoms with Crippen LogP contribution in [0.5, 0.6) is 5.75 Å². The lowest BCUT2D eigenvalue weighted by molar-refractivity contribution is 0.102. The monoisotopic (exact) mass is 425 g/mol. The number of nitrogens with one attached hydrogen (secondary N) is 2. The predicted octanol–water partition coefficient (Wildman–Crippen LogP) is 4.44. The summed E-state index contributed by atoms with van der Waals surface area (Å²) >= 11 is 1.40. The van der Waals surface area contributed by atoms with E-state index in [1.165, 1.54) is 11.3 Å². The third-order valence-electron chi connectivity index (χ3n) is 3.92. The molecule has 0 bridgehead atoms. The van der Waals surface area contributed by atoms with E-state index < -0.39 is 11.6 Å². The third-order valence-corrected chi connectivity index (χ3v) is 4.95. The topological polar surface area (TPSA) is 101 Å². The summed E-state index contributed by atoms with van der Waals surface area (Å²) in [6.07, 6.45) is 1.03. The second kappa shape index (κ2) is 9.06. The number of benzene rings is 2. The number of rotatable bonds is 5. The molecule has 8 heteroatoms. The molecule has 3 rings (SSSR count). The summed E-state index contributed by atoms with van der Waals surface area (Å²) in [4.78, 5) is 29.8. The second-order valence-electron chi connectivity index (χ2n) is 7.58. The maximum absolute atomic E-state index is 12.7. The lowest BCUT2D eigenvalue weighted by Gasteiger charge is -2.20. The van der Waals surface area contributed by atoms with Crippen molar-refractivity contribution in [1.82, 2.24) is 10.3 Å². The number of nitrogens with zero attached hydrogens (tertiary/aromatic N) is 1. The summed E-state index contributed by atoms with van der Waals surface area (Å²) < 4.78 is 5.36. The van der Waals surface area contributed by atoms with E-state index >= 15 is 0 Å². The maximum atomic E-state index is 12.7. The summed E-state index contributed by atoms with van der Waals surface area (Å²) in [6.45, 7) is 5.50. The summed E-state index contributed by atoms with van der Waals surface area (Å²) in [5.74, 6) is -0.0763. The molecule has 0 atom stereocenters. The van der Waals surface area contributed by atoms with Gasteiger partial charge in [-0.15, -0.1) is 11.3 Å². The molecule has 0 fully saturated rings. The van der Waals surface area contributed by atoms with Crippen LogP contribution in [0.3, 0.4) is 0 Å². The quantitative estimate of drug-likeness (QED) is 0.561. The lowest BCUT2D eigenvalue weighted by atomic mass is 10.1. The smallest absolute Gasteiger partial charge is 0.408 e. The minimum Gasteiger partial charge on any atom is -0.408 e. The fourth-order valence-corrected chi connectivity index (χ4v) is 3.34. The van der Waals surface area contributed by atoms with Crippen molar-refractivity contribution in [2.24, 2.45) is 0 Å². The number of thiazole rings is 1. The Balaban J connectivity index is 1.71. The van der Waals surface area contributed by atoms with Crippen LogP contribution in [0.15, 0.2) is 54.7 Å². The SMILES string of the molecule is CC(C)(C)NC(=O)Oc1ccccc1NC(=O)c1ccc(-c2ncc(CO)s2)cc1. The summed E-state index contributed by atoms with van der Waals surface area (Å²) in [5.41, 5.74) is 1.26. The normalized spacial score (nSPS) is 11.1. The van der Waals surface area contributed by atoms with Crippen molar-refractivity contribution < 1.29 is 19.4 Å². The number of hydrogen-bond acceptors (Lipinski definition) is 6. The van der Waals surface area contributed by atoms with Crippen molar-refractivity contribution in [3.05, 3.63) is 65.2 Å². The van der Waals surface area contributed by atoms with Gasteiger partial charge in [-0.3, -0.25) is 4.79 Å². The number of para-hydroxylation sites is 2. The molecule has 2 amide bonds. The Morgan fingerprint density at radius 3 is 2.43 bits per heavy atom. The molecule has 0 spiro atoms. The van der Waals surface area contributed by atoms with Crippen LogP contribution < -0.4 is 15.4 Å². The molecule has 0 saturated carbocycles. The van der Waals surface area contributed by atoms with Gasteiger partial charge in [0.15, 0.2) is 5.75 Å². The first kappa shape index (κ1) is 21.5. The van der Waals surface area contributed by atoms with E-state index in [1.807, 2.05) is 20.8 Å². The zero-order valence-corrected chi connectivity index (χ0v) is 17.7. The van der Waals surface area contributed by atoms with Crippen molar-refractivity contribution in [2.45, 2.75) is 32.9 Å². The molecule has 156 valence electrons. The summed E-state index contributed by atoms with van der Waals surface area (Å²) in [6, 6.07) is 13.7. The van der Waals surface area contributed by atoms with Gasteiger partial charge in [0.2, 0.25) is 0 Å². The molecule has 0 aliphatic rings. The van der Waals surface area contributed by atoms with Crippen LogP contribution in [0.1, 0.15) is 36.0 Å². The molecule has 7 nitrogen and oxygen atoms in total. The van der Waals surface area contributed by atoms with Gasteiger partial charge in [-0.1, -0.05) is 24.3 Å². The molecule has 0 saturated heterocycles. The third kappa shape index (κ3) is 5.65. The van der Waals surface area contributed by atoms with Gasteiger partial charge >= 0.3 is 6.09 Å². The number of anilines is 1. The Labute approximate surface area is 178 Å². The van der Waals surface area contributed by atoms with Crippen LogP contribution in [0, 0.1) is 0 Å². The van der Waals surface area contributed by atoms with Crippen LogP contribution in [-0.2, 0) is 6.61 Å². The minimum atomic E-state index is -0.598. The van der Waals surface area contributed by atoms with E-state index in [2.05, 4.69) is 15.6 Å². The van der Waals surface area contributed by atoms with Crippen molar-refractivity contribution in [3.8, 4) is 16.3 Å². The average molecular weight is 426 g/mol. The van der Waals surface area contributed by atoms with Gasteiger partial charge in [0, 0.05) is 22.9 Å². The highest BCUT2D eigenvalue weighted by Crippen LogP contribution is 2.27. The number of aliphatic hydroxyl groups excluding tert-OH is 1. The van der Waals surface area contributed by atoms with Gasteiger partial charge in [-0.2, -0.15) is 0 Å². The average Bonchev–Trinajstić information content (AvgIpc) is 3.17. The molecular formula is C22H23N3O4S.